The molecule has 0 aliphatic carbocycles. The summed E-state index contributed by atoms with van der Waals surface area (Å²) in [5.74, 6) is 0.718. The molecule has 0 spiro atoms. The average Bonchev–Trinajstić information content (AvgIpc) is 3.12. The van der Waals surface area contributed by atoms with Crippen LogP contribution in [0.5, 0.6) is 0 Å². The highest BCUT2D eigenvalue weighted by Gasteiger charge is 2.15. The van der Waals surface area contributed by atoms with Gasteiger partial charge in [0.15, 0.2) is 10.9 Å². The van der Waals surface area contributed by atoms with Gasteiger partial charge in [-0.1, -0.05) is 6.07 Å². The lowest BCUT2D eigenvalue weighted by Gasteiger charge is -2.11. The maximum absolute atomic E-state index is 4.72. The van der Waals surface area contributed by atoms with E-state index in [0.29, 0.717) is 0 Å². The van der Waals surface area contributed by atoms with Crippen molar-refractivity contribution >= 4 is 33.2 Å². The summed E-state index contributed by atoms with van der Waals surface area (Å²) in [6.07, 6.45) is 1.87. The van der Waals surface area contributed by atoms with Crippen LogP contribution in [-0.4, -0.2) is 24.7 Å². The quantitative estimate of drug-likeness (QED) is 0.601. The van der Waals surface area contributed by atoms with E-state index < -0.39 is 0 Å². The number of aromatic nitrogens is 5. The van der Waals surface area contributed by atoms with Crippen LogP contribution in [0.2, 0.25) is 0 Å². The van der Waals surface area contributed by atoms with Gasteiger partial charge in [-0.15, -0.1) is 11.3 Å². The van der Waals surface area contributed by atoms with E-state index in [1.54, 1.807) is 11.3 Å². The van der Waals surface area contributed by atoms with Crippen molar-refractivity contribution in [3.63, 3.8) is 0 Å². The number of hydrogen-bond acceptors (Lipinski definition) is 6. The van der Waals surface area contributed by atoms with E-state index in [9.17, 15) is 0 Å². The second kappa shape index (κ2) is 5.93. The minimum absolute atomic E-state index is 0.718. The van der Waals surface area contributed by atoms with Gasteiger partial charge in [-0.3, -0.25) is 4.68 Å². The number of nitrogens with zero attached hydrogens (tertiary/aromatic N) is 5. The Morgan fingerprint density at radius 3 is 2.56 bits per heavy atom. The highest BCUT2D eigenvalue weighted by molar-refractivity contribution is 7.13. The second-order valence-electron chi connectivity index (χ2n) is 6.08. The topological polar surface area (TPSA) is 68.5 Å². The Labute approximate surface area is 149 Å². The lowest BCUT2D eigenvalue weighted by Crippen LogP contribution is -2.00. The fourth-order valence-electron chi connectivity index (χ4n) is 2.89. The van der Waals surface area contributed by atoms with E-state index in [0.717, 1.165) is 50.2 Å². The van der Waals surface area contributed by atoms with Crippen molar-refractivity contribution in [2.75, 3.05) is 5.32 Å². The third kappa shape index (κ3) is 2.87. The van der Waals surface area contributed by atoms with Crippen LogP contribution in [0.25, 0.3) is 22.2 Å². The first-order valence-corrected chi connectivity index (χ1v) is 8.86. The van der Waals surface area contributed by atoms with Gasteiger partial charge in [0.05, 0.1) is 17.1 Å². The molecular weight excluding hydrogens is 332 g/mol. The number of thiazole rings is 1. The molecule has 0 aliphatic rings. The summed E-state index contributed by atoms with van der Waals surface area (Å²) in [5, 5.41) is 11.6. The highest BCUT2D eigenvalue weighted by Crippen LogP contribution is 2.32. The van der Waals surface area contributed by atoms with Crippen LogP contribution in [0.1, 0.15) is 17.1 Å². The van der Waals surface area contributed by atoms with Gasteiger partial charge in [-0.2, -0.15) is 5.10 Å². The van der Waals surface area contributed by atoms with Gasteiger partial charge in [0, 0.05) is 35.3 Å². The first-order valence-electron chi connectivity index (χ1n) is 7.98. The van der Waals surface area contributed by atoms with Crippen LogP contribution in [-0.2, 0) is 7.05 Å². The number of hydrogen-bond donors (Lipinski definition) is 1. The molecule has 0 bridgehead atoms. The molecule has 0 unspecified atom stereocenters. The molecule has 0 saturated carbocycles. The average molecular weight is 350 g/mol. The molecule has 25 heavy (non-hydrogen) atoms. The first kappa shape index (κ1) is 15.7. The van der Waals surface area contributed by atoms with Crippen LogP contribution >= 0.6 is 11.3 Å². The zero-order chi connectivity index (χ0) is 17.6. The Morgan fingerprint density at radius 1 is 1.04 bits per heavy atom. The summed E-state index contributed by atoms with van der Waals surface area (Å²) in [5.41, 5.74) is 5.80. The maximum Gasteiger partial charge on any atom is 0.188 e. The molecule has 6 nitrogen and oxygen atoms in total. The molecular formula is C18H18N6S. The van der Waals surface area contributed by atoms with Crippen molar-refractivity contribution in [3.8, 4) is 11.3 Å². The molecule has 0 amide bonds. The van der Waals surface area contributed by atoms with Crippen LogP contribution in [0.15, 0.2) is 29.8 Å². The molecule has 0 fully saturated rings. The number of rotatable bonds is 3. The van der Waals surface area contributed by atoms with Gasteiger partial charge < -0.3 is 5.32 Å². The van der Waals surface area contributed by atoms with Crippen molar-refractivity contribution in [1.29, 1.82) is 0 Å². The highest BCUT2D eigenvalue weighted by atomic mass is 32.1. The van der Waals surface area contributed by atoms with Gasteiger partial charge in [-0.25, -0.2) is 15.0 Å². The summed E-state index contributed by atoms with van der Waals surface area (Å²) < 4.78 is 1.88. The van der Waals surface area contributed by atoms with Crippen molar-refractivity contribution in [3.05, 3.63) is 46.9 Å². The van der Waals surface area contributed by atoms with Gasteiger partial charge in [-0.05, 0) is 32.9 Å². The Bertz CT molecular complexity index is 1080. The standard InChI is InChI=1S/C18H18N6S/c1-10-5-6-13-14(15-7-11(2)23-24(15)4)8-19-17(16(13)20-10)22-18-21-12(3)9-25-18/h5-9H,1-4H3,(H,19,21,22). The monoisotopic (exact) mass is 350 g/mol. The lowest BCUT2D eigenvalue weighted by atomic mass is 10.1. The van der Waals surface area contributed by atoms with Gasteiger partial charge in [0.25, 0.3) is 0 Å². The molecule has 0 aromatic carbocycles. The van der Waals surface area contributed by atoms with Crippen molar-refractivity contribution in [2.45, 2.75) is 20.8 Å². The van der Waals surface area contributed by atoms with Crippen molar-refractivity contribution < 1.29 is 0 Å². The first-order chi connectivity index (χ1) is 12.0. The van der Waals surface area contributed by atoms with Crippen LogP contribution in [0.3, 0.4) is 0 Å². The molecule has 0 radical (unpaired) electrons. The molecule has 1 N–H and O–H groups in total. The normalized spacial score (nSPS) is 11.2. The predicted octanol–water partition coefficient (Wildman–Crippen LogP) is 4.16. The lowest BCUT2D eigenvalue weighted by molar-refractivity contribution is 0.764. The van der Waals surface area contributed by atoms with Crippen molar-refractivity contribution in [2.24, 2.45) is 7.05 Å². The van der Waals surface area contributed by atoms with Crippen LogP contribution < -0.4 is 5.32 Å². The fourth-order valence-corrected chi connectivity index (χ4v) is 3.57. The summed E-state index contributed by atoms with van der Waals surface area (Å²) in [6, 6.07) is 6.18. The third-order valence-electron chi connectivity index (χ3n) is 3.99. The summed E-state index contributed by atoms with van der Waals surface area (Å²) in [7, 11) is 1.94. The molecule has 4 heterocycles. The number of aryl methyl sites for hydroxylation is 4. The molecule has 0 aliphatic heterocycles. The summed E-state index contributed by atoms with van der Waals surface area (Å²) in [4.78, 5) is 13.8. The van der Waals surface area contributed by atoms with Gasteiger partial charge in [0.2, 0.25) is 0 Å². The Morgan fingerprint density at radius 2 is 1.88 bits per heavy atom. The number of nitrogens with one attached hydrogen (secondary N) is 1. The summed E-state index contributed by atoms with van der Waals surface area (Å²) in [6.45, 7) is 5.95. The number of anilines is 2. The maximum atomic E-state index is 4.72. The van der Waals surface area contributed by atoms with Crippen LogP contribution in [0.4, 0.5) is 10.9 Å². The van der Waals surface area contributed by atoms with E-state index in [2.05, 4.69) is 32.5 Å². The van der Waals surface area contributed by atoms with Crippen molar-refractivity contribution in [1.82, 2.24) is 24.7 Å². The smallest absolute Gasteiger partial charge is 0.188 e. The zero-order valence-corrected chi connectivity index (χ0v) is 15.3. The molecule has 4 aromatic heterocycles. The Balaban J connectivity index is 1.90. The number of pyridine rings is 2. The van der Waals surface area contributed by atoms with Crippen LogP contribution in [0, 0.1) is 20.8 Å². The largest absolute Gasteiger partial charge is 0.314 e. The Hall–Kier alpha value is -2.80. The van der Waals surface area contributed by atoms with E-state index in [1.165, 1.54) is 0 Å². The minimum atomic E-state index is 0.718. The molecule has 0 saturated heterocycles. The SMILES string of the molecule is Cc1csc(Nc2ncc(-c3cc(C)nn3C)c3ccc(C)nc23)n1. The van der Waals surface area contributed by atoms with E-state index in [1.807, 2.05) is 50.1 Å². The second-order valence-corrected chi connectivity index (χ2v) is 6.94. The van der Waals surface area contributed by atoms with E-state index in [-0.39, 0.29) is 0 Å². The minimum Gasteiger partial charge on any atom is -0.314 e. The van der Waals surface area contributed by atoms with Gasteiger partial charge >= 0.3 is 0 Å². The van der Waals surface area contributed by atoms with Gasteiger partial charge in [0.1, 0.15) is 5.52 Å². The predicted molar refractivity (Wildman–Crippen MR) is 101 cm³/mol. The fraction of sp³-hybridized carbons (Fsp3) is 0.222. The van der Waals surface area contributed by atoms with E-state index in [4.69, 9.17) is 4.98 Å². The Kier molecular flexibility index (Phi) is 3.73. The summed E-state index contributed by atoms with van der Waals surface area (Å²) >= 11 is 1.56. The van der Waals surface area contributed by atoms with E-state index >= 15 is 0 Å². The molecule has 126 valence electrons. The molecule has 4 aromatic rings. The molecule has 0 atom stereocenters. The molecule has 7 heteroatoms. The zero-order valence-electron chi connectivity index (χ0n) is 14.5. The number of fused-ring (bicyclic) bond motifs is 1. The third-order valence-corrected chi connectivity index (χ3v) is 4.87. The molecule has 4 rings (SSSR count).